The molecule has 1 aromatic heterocycles. The van der Waals surface area contributed by atoms with Crippen LogP contribution in [-0.4, -0.2) is 40.4 Å². The highest BCUT2D eigenvalue weighted by molar-refractivity contribution is 5.99. The number of likely N-dealkylation sites (tertiary alicyclic amines) is 1. The van der Waals surface area contributed by atoms with Crippen LogP contribution in [0.2, 0.25) is 0 Å². The van der Waals surface area contributed by atoms with Crippen molar-refractivity contribution in [1.82, 2.24) is 14.9 Å². The molecule has 5 nitrogen and oxygen atoms in total. The molecule has 5 heteroatoms. The maximum atomic E-state index is 13.4. The Labute approximate surface area is 183 Å². The lowest BCUT2D eigenvalue weighted by molar-refractivity contribution is 0.0724. The molecule has 3 heterocycles. The van der Waals surface area contributed by atoms with Crippen LogP contribution in [0.3, 0.4) is 0 Å². The maximum Gasteiger partial charge on any atom is 0.259 e. The van der Waals surface area contributed by atoms with Gasteiger partial charge in [0.15, 0.2) is 5.82 Å². The first kappa shape index (κ1) is 19.7. The van der Waals surface area contributed by atoms with Gasteiger partial charge in [-0.05, 0) is 49.8 Å². The number of carbonyl (C=O) groups excluding carboxylic acids is 1. The molecule has 5 rings (SSSR count). The van der Waals surface area contributed by atoms with Gasteiger partial charge in [0.05, 0.1) is 0 Å². The highest BCUT2D eigenvalue weighted by Gasteiger charge is 2.27. The van der Waals surface area contributed by atoms with Crippen LogP contribution in [0.1, 0.15) is 46.3 Å². The van der Waals surface area contributed by atoms with Gasteiger partial charge in [-0.25, -0.2) is 9.97 Å². The third-order valence-electron chi connectivity index (χ3n) is 6.35. The minimum absolute atomic E-state index is 0.0596. The number of piperidine rings is 1. The zero-order valence-corrected chi connectivity index (χ0v) is 18.1. The van der Waals surface area contributed by atoms with Gasteiger partial charge in [-0.1, -0.05) is 48.0 Å². The van der Waals surface area contributed by atoms with E-state index in [2.05, 4.69) is 53.2 Å². The van der Waals surface area contributed by atoms with Crippen molar-refractivity contribution in [1.29, 1.82) is 0 Å². The van der Waals surface area contributed by atoms with Crippen molar-refractivity contribution in [2.45, 2.75) is 39.2 Å². The molecule has 1 amide bonds. The van der Waals surface area contributed by atoms with Crippen molar-refractivity contribution in [3.05, 3.63) is 77.0 Å². The largest absolute Gasteiger partial charge is 0.351 e. The molecule has 0 saturated carbocycles. The average Bonchev–Trinajstić information content (AvgIpc) is 2.83. The second kappa shape index (κ2) is 8.50. The Kier molecular flexibility index (Phi) is 5.41. The molecular formula is C26H28N4O. The number of hydrogen-bond acceptors (Lipinski definition) is 4. The molecule has 2 aromatic carbocycles. The van der Waals surface area contributed by atoms with Crippen LogP contribution in [0.5, 0.6) is 0 Å². The lowest BCUT2D eigenvalue weighted by Gasteiger charge is -2.33. The molecule has 0 aliphatic carbocycles. The van der Waals surface area contributed by atoms with E-state index >= 15 is 0 Å². The van der Waals surface area contributed by atoms with Crippen molar-refractivity contribution in [3.8, 4) is 11.4 Å². The molecule has 31 heavy (non-hydrogen) atoms. The van der Waals surface area contributed by atoms with Crippen molar-refractivity contribution >= 4 is 11.7 Å². The Morgan fingerprint density at radius 1 is 0.935 bits per heavy atom. The van der Waals surface area contributed by atoms with E-state index in [4.69, 9.17) is 4.98 Å². The van der Waals surface area contributed by atoms with Crippen molar-refractivity contribution < 1.29 is 4.79 Å². The quantitative estimate of drug-likeness (QED) is 0.629. The number of anilines is 1. The van der Waals surface area contributed by atoms with Crippen molar-refractivity contribution in [2.24, 2.45) is 0 Å². The van der Waals surface area contributed by atoms with Crippen LogP contribution in [0.25, 0.3) is 11.4 Å². The fourth-order valence-electron chi connectivity index (χ4n) is 4.63. The predicted octanol–water partition coefficient (Wildman–Crippen LogP) is 4.64. The first-order valence-corrected chi connectivity index (χ1v) is 11.2. The molecule has 2 aliphatic rings. The van der Waals surface area contributed by atoms with E-state index in [1.807, 2.05) is 17.0 Å². The standard InChI is InChI=1S/C26H28N4O/c1-19-8-7-11-21(16-19)24-27-17-23(26(31)29-13-5-2-6-14-29)25(28-24)30-15-12-20-9-3-4-10-22(20)18-30/h3-4,7-11,16-17H,2,5-6,12-15,18H2,1H3. The Hall–Kier alpha value is -3.21. The molecule has 0 spiro atoms. The summed E-state index contributed by atoms with van der Waals surface area (Å²) >= 11 is 0. The van der Waals surface area contributed by atoms with Gasteiger partial charge in [0.1, 0.15) is 11.4 Å². The number of carbonyl (C=O) groups is 1. The SMILES string of the molecule is Cc1cccc(-c2ncc(C(=O)N3CCCCC3)c(N3CCc4ccccc4C3)n2)c1. The van der Waals surface area contributed by atoms with Gasteiger partial charge in [-0.3, -0.25) is 4.79 Å². The molecule has 1 saturated heterocycles. The molecule has 2 aliphatic heterocycles. The van der Waals surface area contributed by atoms with Gasteiger partial charge in [-0.2, -0.15) is 0 Å². The molecule has 158 valence electrons. The fourth-order valence-corrected chi connectivity index (χ4v) is 4.63. The Bertz CT molecular complexity index is 1100. The van der Waals surface area contributed by atoms with Crippen LogP contribution in [-0.2, 0) is 13.0 Å². The number of benzene rings is 2. The van der Waals surface area contributed by atoms with E-state index in [1.54, 1.807) is 6.20 Å². The summed E-state index contributed by atoms with van der Waals surface area (Å²) in [5.74, 6) is 1.49. The summed E-state index contributed by atoms with van der Waals surface area (Å²) in [5, 5.41) is 0. The van der Waals surface area contributed by atoms with Gasteiger partial charge in [0.25, 0.3) is 5.91 Å². The Morgan fingerprint density at radius 2 is 1.74 bits per heavy atom. The Morgan fingerprint density at radius 3 is 2.55 bits per heavy atom. The van der Waals surface area contributed by atoms with Crippen molar-refractivity contribution in [2.75, 3.05) is 24.5 Å². The molecule has 0 N–H and O–H groups in total. The zero-order chi connectivity index (χ0) is 21.2. The predicted molar refractivity (Wildman–Crippen MR) is 123 cm³/mol. The summed E-state index contributed by atoms with van der Waals surface area (Å²) in [6.07, 6.45) is 6.04. The minimum Gasteiger partial charge on any atom is -0.351 e. The second-order valence-corrected chi connectivity index (χ2v) is 8.59. The molecule has 1 fully saturated rings. The molecule has 0 radical (unpaired) electrons. The highest BCUT2D eigenvalue weighted by atomic mass is 16.2. The first-order chi connectivity index (χ1) is 15.2. The number of rotatable bonds is 3. The van der Waals surface area contributed by atoms with Crippen LogP contribution in [0.15, 0.2) is 54.7 Å². The van der Waals surface area contributed by atoms with Gasteiger partial charge < -0.3 is 9.80 Å². The summed E-state index contributed by atoms with van der Waals surface area (Å²) in [7, 11) is 0. The summed E-state index contributed by atoms with van der Waals surface area (Å²) < 4.78 is 0. The van der Waals surface area contributed by atoms with Crippen LogP contribution in [0, 0.1) is 6.92 Å². The summed E-state index contributed by atoms with van der Waals surface area (Å²) in [5.41, 5.74) is 5.47. The van der Waals surface area contributed by atoms with Crippen LogP contribution >= 0.6 is 0 Å². The lowest BCUT2D eigenvalue weighted by Crippen LogP contribution is -2.38. The normalized spacial score (nSPS) is 16.2. The van der Waals surface area contributed by atoms with E-state index in [-0.39, 0.29) is 5.91 Å². The summed E-state index contributed by atoms with van der Waals surface area (Å²) in [4.78, 5) is 27.2. The number of hydrogen-bond donors (Lipinski definition) is 0. The van der Waals surface area contributed by atoms with E-state index in [0.29, 0.717) is 11.4 Å². The lowest BCUT2D eigenvalue weighted by atomic mass is 9.99. The minimum atomic E-state index is 0.0596. The summed E-state index contributed by atoms with van der Waals surface area (Å²) in [6, 6.07) is 16.8. The van der Waals surface area contributed by atoms with Gasteiger partial charge >= 0.3 is 0 Å². The molecule has 3 aromatic rings. The van der Waals surface area contributed by atoms with Gasteiger partial charge in [0.2, 0.25) is 0 Å². The summed E-state index contributed by atoms with van der Waals surface area (Å²) in [6.45, 7) is 5.32. The second-order valence-electron chi connectivity index (χ2n) is 8.59. The zero-order valence-electron chi connectivity index (χ0n) is 18.1. The third-order valence-corrected chi connectivity index (χ3v) is 6.35. The Balaban J connectivity index is 1.55. The van der Waals surface area contributed by atoms with Gasteiger partial charge in [-0.15, -0.1) is 0 Å². The number of aryl methyl sites for hydroxylation is 1. The topological polar surface area (TPSA) is 49.3 Å². The number of fused-ring (bicyclic) bond motifs is 1. The molecule has 0 unspecified atom stereocenters. The third kappa shape index (κ3) is 4.05. The molecular weight excluding hydrogens is 384 g/mol. The first-order valence-electron chi connectivity index (χ1n) is 11.2. The molecule has 0 bridgehead atoms. The smallest absolute Gasteiger partial charge is 0.259 e. The number of nitrogens with zero attached hydrogens (tertiary/aromatic N) is 4. The maximum absolute atomic E-state index is 13.4. The van der Waals surface area contributed by atoms with Crippen LogP contribution in [0.4, 0.5) is 5.82 Å². The van der Waals surface area contributed by atoms with E-state index in [0.717, 1.165) is 56.8 Å². The average molecular weight is 413 g/mol. The number of amides is 1. The van der Waals surface area contributed by atoms with E-state index in [9.17, 15) is 4.79 Å². The van der Waals surface area contributed by atoms with Crippen molar-refractivity contribution in [3.63, 3.8) is 0 Å². The van der Waals surface area contributed by atoms with Crippen LogP contribution < -0.4 is 4.90 Å². The number of aromatic nitrogens is 2. The highest BCUT2D eigenvalue weighted by Crippen LogP contribution is 2.29. The van der Waals surface area contributed by atoms with E-state index in [1.165, 1.54) is 23.1 Å². The molecule has 0 atom stereocenters. The monoisotopic (exact) mass is 412 g/mol. The fraction of sp³-hybridized carbons (Fsp3) is 0.346. The van der Waals surface area contributed by atoms with Gasteiger partial charge in [0, 0.05) is 37.9 Å². The van der Waals surface area contributed by atoms with E-state index < -0.39 is 0 Å².